The maximum atomic E-state index is 12.4. The van der Waals surface area contributed by atoms with E-state index in [1.165, 1.54) is 57.8 Å². The van der Waals surface area contributed by atoms with Crippen molar-refractivity contribution in [2.24, 2.45) is 5.92 Å². The number of phosphoric acid groups is 1. The number of aliphatic hydroxyl groups is 1. The van der Waals surface area contributed by atoms with Crippen LogP contribution in [0, 0.1) is 5.92 Å². The summed E-state index contributed by atoms with van der Waals surface area (Å²) in [6, 6.07) is 0. The molecule has 0 rings (SSSR count). The molecule has 0 fully saturated rings. The van der Waals surface area contributed by atoms with Gasteiger partial charge in [0.2, 0.25) is 0 Å². The summed E-state index contributed by atoms with van der Waals surface area (Å²) in [7, 11) is -4.80. The van der Waals surface area contributed by atoms with Crippen LogP contribution in [0.4, 0.5) is 0 Å². The van der Waals surface area contributed by atoms with Gasteiger partial charge in [0, 0.05) is 12.8 Å². The number of phosphoric ester groups is 1. The quantitative estimate of drug-likeness (QED) is 0.0206. The Morgan fingerprint density at radius 3 is 2.00 bits per heavy atom. The number of allylic oxidation sites excluding steroid dienone is 7. The predicted octanol–water partition coefficient (Wildman–Crippen LogP) is 9.61. The average Bonchev–Trinajstić information content (AvgIpc) is 3.04. The smallest absolute Gasteiger partial charge is 0.462 e. The van der Waals surface area contributed by atoms with Crippen molar-refractivity contribution in [2.45, 2.75) is 161 Å². The number of carbonyl (C=O) groups excluding carboxylic acids is 2. The molecule has 0 spiro atoms. The number of ether oxygens (including phenoxy) is 2. The zero-order chi connectivity index (χ0) is 35.7. The van der Waals surface area contributed by atoms with E-state index in [-0.39, 0.29) is 19.4 Å². The lowest BCUT2D eigenvalue weighted by molar-refractivity contribution is -0.161. The van der Waals surface area contributed by atoms with Gasteiger partial charge in [-0.2, -0.15) is 0 Å². The first-order valence-corrected chi connectivity index (χ1v) is 20.0. The Hall–Kier alpha value is -2.03. The van der Waals surface area contributed by atoms with E-state index in [1.54, 1.807) is 12.2 Å². The molecular formula is C38H67O9P. The minimum atomic E-state index is -4.80. The molecule has 0 aromatic rings. The highest BCUT2D eigenvalue weighted by atomic mass is 31.2. The van der Waals surface area contributed by atoms with Crippen LogP contribution in [0.3, 0.4) is 0 Å². The monoisotopic (exact) mass is 698 g/mol. The summed E-state index contributed by atoms with van der Waals surface area (Å²) in [4.78, 5) is 42.7. The van der Waals surface area contributed by atoms with Crippen LogP contribution in [0.1, 0.15) is 149 Å². The highest BCUT2D eigenvalue weighted by molar-refractivity contribution is 7.46. The van der Waals surface area contributed by atoms with E-state index in [2.05, 4.69) is 49.6 Å². The number of esters is 2. The van der Waals surface area contributed by atoms with Crippen molar-refractivity contribution in [2.75, 3.05) is 13.2 Å². The van der Waals surface area contributed by atoms with Crippen LogP contribution >= 0.6 is 7.82 Å². The molecule has 0 radical (unpaired) electrons. The minimum Gasteiger partial charge on any atom is -0.462 e. The molecule has 9 nitrogen and oxygen atoms in total. The summed E-state index contributed by atoms with van der Waals surface area (Å²) in [6.07, 6.45) is 33.0. The van der Waals surface area contributed by atoms with Gasteiger partial charge in [0.1, 0.15) is 6.61 Å². The Kier molecular flexibility index (Phi) is 30.8. The fourth-order valence-corrected chi connectivity index (χ4v) is 5.16. The normalized spacial score (nSPS) is 14.4. The van der Waals surface area contributed by atoms with Crippen molar-refractivity contribution in [1.82, 2.24) is 0 Å². The Bertz CT molecular complexity index is 954. The van der Waals surface area contributed by atoms with E-state index in [4.69, 9.17) is 19.3 Å². The number of hydrogen-bond acceptors (Lipinski definition) is 7. The van der Waals surface area contributed by atoms with Crippen LogP contribution in [0.5, 0.6) is 0 Å². The Labute approximate surface area is 291 Å². The third kappa shape index (κ3) is 33.9. The molecule has 0 saturated heterocycles. The molecule has 1 unspecified atom stereocenters. The van der Waals surface area contributed by atoms with E-state index in [1.807, 2.05) is 12.2 Å². The molecule has 0 aromatic heterocycles. The molecule has 0 aromatic carbocycles. The molecule has 0 aliphatic heterocycles. The third-order valence-electron chi connectivity index (χ3n) is 7.99. The van der Waals surface area contributed by atoms with E-state index in [0.29, 0.717) is 19.3 Å². The van der Waals surface area contributed by atoms with Crippen molar-refractivity contribution in [1.29, 1.82) is 0 Å². The van der Waals surface area contributed by atoms with Gasteiger partial charge in [-0.25, -0.2) is 4.57 Å². The number of rotatable bonds is 32. The Morgan fingerprint density at radius 2 is 1.33 bits per heavy atom. The van der Waals surface area contributed by atoms with Gasteiger partial charge in [-0.15, -0.1) is 0 Å². The Morgan fingerprint density at radius 1 is 0.708 bits per heavy atom. The molecule has 10 heteroatoms. The number of unbranched alkanes of at least 4 members (excludes halogenated alkanes) is 10. The molecule has 0 saturated carbocycles. The summed E-state index contributed by atoms with van der Waals surface area (Å²) in [5, 5.41) is 10.2. The summed E-state index contributed by atoms with van der Waals surface area (Å²) >= 11 is 0. The van der Waals surface area contributed by atoms with Crippen molar-refractivity contribution in [3.05, 3.63) is 48.6 Å². The second-order valence-electron chi connectivity index (χ2n) is 12.6. The van der Waals surface area contributed by atoms with Crippen LogP contribution < -0.4 is 0 Å². The second kappa shape index (κ2) is 32.2. The predicted molar refractivity (Wildman–Crippen MR) is 194 cm³/mol. The van der Waals surface area contributed by atoms with Gasteiger partial charge in [0.25, 0.3) is 0 Å². The van der Waals surface area contributed by atoms with Crippen molar-refractivity contribution < 1.29 is 43.0 Å². The number of carbonyl (C=O) groups is 2. The van der Waals surface area contributed by atoms with Crippen molar-refractivity contribution in [3.63, 3.8) is 0 Å². The van der Waals surface area contributed by atoms with E-state index >= 15 is 0 Å². The lowest BCUT2D eigenvalue weighted by Crippen LogP contribution is -2.29. The summed E-state index contributed by atoms with van der Waals surface area (Å²) in [6.45, 7) is 5.78. The van der Waals surface area contributed by atoms with Crippen LogP contribution in [0.2, 0.25) is 0 Å². The SMILES string of the molecule is CCCCC/C=C\C/C=C\C/C=C\C=C\[C@H](O)CCCC(=O)O[C@H](COC(=O)CCCCCCCCCCC(C)CC)COP(=O)(O)O. The molecule has 3 N–H and O–H groups in total. The van der Waals surface area contributed by atoms with Crippen LogP contribution in [-0.4, -0.2) is 52.3 Å². The van der Waals surface area contributed by atoms with Gasteiger partial charge >= 0.3 is 19.8 Å². The number of aliphatic hydroxyl groups excluding tert-OH is 1. The molecular weight excluding hydrogens is 631 g/mol. The fraction of sp³-hybridized carbons (Fsp3) is 0.737. The zero-order valence-electron chi connectivity index (χ0n) is 30.1. The summed E-state index contributed by atoms with van der Waals surface area (Å²) in [5.74, 6) is -0.279. The van der Waals surface area contributed by atoms with Crippen LogP contribution in [-0.2, 0) is 28.2 Å². The molecule has 278 valence electrons. The van der Waals surface area contributed by atoms with Gasteiger partial charge in [-0.1, -0.05) is 140 Å². The summed E-state index contributed by atoms with van der Waals surface area (Å²) in [5.41, 5.74) is 0. The maximum absolute atomic E-state index is 12.4. The first-order chi connectivity index (χ1) is 23.1. The summed E-state index contributed by atoms with van der Waals surface area (Å²) < 4.78 is 26.1. The average molecular weight is 699 g/mol. The minimum absolute atomic E-state index is 0.0171. The van der Waals surface area contributed by atoms with Crippen LogP contribution in [0.15, 0.2) is 48.6 Å². The highest BCUT2D eigenvalue weighted by Crippen LogP contribution is 2.36. The first kappa shape index (κ1) is 46.0. The zero-order valence-corrected chi connectivity index (χ0v) is 31.0. The Balaban J connectivity index is 4.23. The molecule has 0 bridgehead atoms. The third-order valence-corrected chi connectivity index (χ3v) is 8.48. The second-order valence-corrected chi connectivity index (χ2v) is 13.9. The maximum Gasteiger partial charge on any atom is 0.469 e. The largest absolute Gasteiger partial charge is 0.469 e. The van der Waals surface area contributed by atoms with Gasteiger partial charge in [-0.05, 0) is 50.9 Å². The lowest BCUT2D eigenvalue weighted by Gasteiger charge is -2.18. The molecule has 0 amide bonds. The standard InChI is InChI=1S/C38H67O9P/c1-4-6-7-8-9-10-11-12-13-14-18-21-24-28-35(39)29-26-31-38(41)47-36(33-46-48(42,43)44)32-45-37(40)30-25-22-19-16-15-17-20-23-27-34(3)5-2/h9-10,12-13,18,21,24,28,34-36,39H,4-8,11,14-17,19-20,22-23,25-27,29-33H2,1-3H3,(H2,42,43,44)/b10-9-,13-12-,21-18-,28-24+/t34?,35-,36+/m0/s1. The van der Waals surface area contributed by atoms with Crippen molar-refractivity contribution in [3.8, 4) is 0 Å². The van der Waals surface area contributed by atoms with Crippen molar-refractivity contribution >= 4 is 19.8 Å². The molecule has 0 aliphatic carbocycles. The van der Waals surface area contributed by atoms with Crippen LogP contribution in [0.25, 0.3) is 0 Å². The topological polar surface area (TPSA) is 140 Å². The van der Waals surface area contributed by atoms with Gasteiger partial charge < -0.3 is 24.4 Å². The molecule has 0 aliphatic rings. The van der Waals surface area contributed by atoms with E-state index in [9.17, 15) is 19.3 Å². The van der Waals surface area contributed by atoms with Gasteiger partial charge in [-0.3, -0.25) is 14.1 Å². The van der Waals surface area contributed by atoms with Gasteiger partial charge in [0.05, 0.1) is 12.7 Å². The van der Waals surface area contributed by atoms with Gasteiger partial charge in [0.15, 0.2) is 6.10 Å². The van der Waals surface area contributed by atoms with E-state index < -0.39 is 38.6 Å². The van der Waals surface area contributed by atoms with E-state index in [0.717, 1.165) is 44.4 Å². The highest BCUT2D eigenvalue weighted by Gasteiger charge is 2.23. The number of hydrogen-bond donors (Lipinski definition) is 3. The fourth-order valence-electron chi connectivity index (χ4n) is 4.80. The first-order valence-electron chi connectivity index (χ1n) is 18.4. The molecule has 0 heterocycles. The molecule has 48 heavy (non-hydrogen) atoms. The molecule has 3 atom stereocenters. The lowest BCUT2D eigenvalue weighted by atomic mass is 9.99.